The van der Waals surface area contributed by atoms with Crippen LogP contribution >= 0.6 is 31.9 Å². The topological polar surface area (TPSA) is 49.8 Å². The maximum atomic E-state index is 4.29. The lowest BCUT2D eigenvalue weighted by Crippen LogP contribution is -2.05. The van der Waals surface area contributed by atoms with Gasteiger partial charge in [0.05, 0.1) is 5.69 Å². The van der Waals surface area contributed by atoms with Crippen LogP contribution in [0.5, 0.6) is 0 Å². The van der Waals surface area contributed by atoms with E-state index in [1.807, 2.05) is 32.0 Å². The van der Waals surface area contributed by atoms with Gasteiger partial charge in [-0.3, -0.25) is 0 Å². The quantitative estimate of drug-likeness (QED) is 0.814. The van der Waals surface area contributed by atoms with Gasteiger partial charge in [0.1, 0.15) is 18.0 Å². The number of aromatic nitrogens is 2. The average Bonchev–Trinajstić information content (AvgIpc) is 2.39. The zero-order valence-electron chi connectivity index (χ0n) is 10.7. The molecule has 0 bridgehead atoms. The van der Waals surface area contributed by atoms with Gasteiger partial charge in [0.15, 0.2) is 0 Å². The number of halogens is 2. The molecule has 0 aliphatic carbocycles. The van der Waals surface area contributed by atoms with Gasteiger partial charge in [0.2, 0.25) is 0 Å². The van der Waals surface area contributed by atoms with E-state index >= 15 is 0 Å². The predicted octanol–water partition coefficient (Wildman–Crippen LogP) is 4.49. The molecule has 1 aromatic carbocycles. The first-order valence-electron chi connectivity index (χ1n) is 5.89. The Hall–Kier alpha value is -1.14. The highest BCUT2D eigenvalue weighted by Gasteiger charge is 2.08. The molecule has 0 fully saturated rings. The molecule has 2 rings (SSSR count). The van der Waals surface area contributed by atoms with Crippen LogP contribution in [0.4, 0.5) is 17.3 Å². The average molecular weight is 386 g/mol. The van der Waals surface area contributed by atoms with Gasteiger partial charge in [0, 0.05) is 21.1 Å². The van der Waals surface area contributed by atoms with E-state index in [1.165, 1.54) is 0 Å². The highest BCUT2D eigenvalue weighted by molar-refractivity contribution is 9.11. The second kappa shape index (κ2) is 6.34. The van der Waals surface area contributed by atoms with Crippen LogP contribution in [0.1, 0.15) is 12.5 Å². The van der Waals surface area contributed by atoms with Gasteiger partial charge in [-0.05, 0) is 48.0 Å². The van der Waals surface area contributed by atoms with Gasteiger partial charge in [-0.15, -0.1) is 0 Å². The second-order valence-corrected chi connectivity index (χ2v) is 5.75. The third-order valence-corrected chi connectivity index (χ3v) is 3.79. The van der Waals surface area contributed by atoms with E-state index in [9.17, 15) is 0 Å². The fourth-order valence-electron chi connectivity index (χ4n) is 1.64. The van der Waals surface area contributed by atoms with Gasteiger partial charge >= 0.3 is 0 Å². The van der Waals surface area contributed by atoms with Crippen LogP contribution in [-0.4, -0.2) is 16.5 Å². The summed E-state index contributed by atoms with van der Waals surface area (Å²) in [6, 6.07) is 5.96. The van der Waals surface area contributed by atoms with Crippen LogP contribution in [0.15, 0.2) is 33.5 Å². The van der Waals surface area contributed by atoms with Crippen molar-refractivity contribution in [3.05, 3.63) is 39.0 Å². The van der Waals surface area contributed by atoms with E-state index < -0.39 is 0 Å². The number of hydrogen-bond acceptors (Lipinski definition) is 4. The van der Waals surface area contributed by atoms with Crippen molar-refractivity contribution < 1.29 is 0 Å². The normalized spacial score (nSPS) is 10.3. The second-order valence-electron chi connectivity index (χ2n) is 3.98. The van der Waals surface area contributed by atoms with Gasteiger partial charge in [0.25, 0.3) is 0 Å². The molecule has 0 aliphatic heterocycles. The Morgan fingerprint density at radius 1 is 1.16 bits per heavy atom. The lowest BCUT2D eigenvalue weighted by atomic mass is 10.2. The molecule has 0 aliphatic rings. The number of hydrogen-bond donors (Lipinski definition) is 2. The van der Waals surface area contributed by atoms with Crippen molar-refractivity contribution in [1.82, 2.24) is 9.97 Å². The SMILES string of the molecule is CCNc1ncnc(Nc2cc(Br)ccc2Br)c1C. The molecule has 0 saturated carbocycles. The van der Waals surface area contributed by atoms with E-state index in [4.69, 9.17) is 0 Å². The Balaban J connectivity index is 2.33. The summed E-state index contributed by atoms with van der Waals surface area (Å²) in [5.41, 5.74) is 1.95. The van der Waals surface area contributed by atoms with Crippen LogP contribution in [0.2, 0.25) is 0 Å². The minimum absolute atomic E-state index is 0.796. The van der Waals surface area contributed by atoms with E-state index in [0.29, 0.717) is 0 Å². The lowest BCUT2D eigenvalue weighted by molar-refractivity contribution is 1.08. The van der Waals surface area contributed by atoms with Gasteiger partial charge in [-0.2, -0.15) is 0 Å². The summed E-state index contributed by atoms with van der Waals surface area (Å²) >= 11 is 6.98. The molecule has 19 heavy (non-hydrogen) atoms. The summed E-state index contributed by atoms with van der Waals surface area (Å²) in [5.74, 6) is 1.65. The van der Waals surface area contributed by atoms with Crippen molar-refractivity contribution in [2.24, 2.45) is 0 Å². The first-order chi connectivity index (χ1) is 9.11. The molecule has 2 aromatic rings. The van der Waals surface area contributed by atoms with Crippen molar-refractivity contribution in [2.75, 3.05) is 17.2 Å². The van der Waals surface area contributed by atoms with Crippen molar-refractivity contribution in [3.63, 3.8) is 0 Å². The lowest BCUT2D eigenvalue weighted by Gasteiger charge is -2.13. The number of benzene rings is 1. The number of nitrogens with zero attached hydrogens (tertiary/aromatic N) is 2. The fourth-order valence-corrected chi connectivity index (χ4v) is 2.35. The van der Waals surface area contributed by atoms with Crippen LogP contribution in [-0.2, 0) is 0 Å². The molecular formula is C13H14Br2N4. The summed E-state index contributed by atoms with van der Waals surface area (Å²) in [5, 5.41) is 6.53. The Morgan fingerprint density at radius 3 is 2.63 bits per heavy atom. The molecule has 1 aromatic heterocycles. The first kappa shape index (κ1) is 14.3. The molecule has 0 atom stereocenters. The van der Waals surface area contributed by atoms with Crippen LogP contribution in [0, 0.1) is 6.92 Å². The van der Waals surface area contributed by atoms with E-state index in [1.54, 1.807) is 6.33 Å². The van der Waals surface area contributed by atoms with Crippen molar-refractivity contribution in [3.8, 4) is 0 Å². The molecule has 0 spiro atoms. The number of rotatable bonds is 4. The Kier molecular flexibility index (Phi) is 4.76. The molecular weight excluding hydrogens is 372 g/mol. The molecule has 4 nitrogen and oxygen atoms in total. The maximum absolute atomic E-state index is 4.29. The summed E-state index contributed by atoms with van der Waals surface area (Å²) in [6.45, 7) is 4.86. The minimum Gasteiger partial charge on any atom is -0.370 e. The zero-order chi connectivity index (χ0) is 13.8. The van der Waals surface area contributed by atoms with Crippen LogP contribution in [0.25, 0.3) is 0 Å². The van der Waals surface area contributed by atoms with Crippen LogP contribution in [0.3, 0.4) is 0 Å². The van der Waals surface area contributed by atoms with Crippen LogP contribution < -0.4 is 10.6 Å². The number of nitrogens with one attached hydrogen (secondary N) is 2. The van der Waals surface area contributed by atoms with Gasteiger partial charge in [-0.25, -0.2) is 9.97 Å². The zero-order valence-corrected chi connectivity index (χ0v) is 13.8. The number of anilines is 3. The minimum atomic E-state index is 0.796. The molecule has 100 valence electrons. The highest BCUT2D eigenvalue weighted by atomic mass is 79.9. The van der Waals surface area contributed by atoms with Crippen molar-refractivity contribution in [1.29, 1.82) is 0 Å². The Bertz CT molecular complexity index is 587. The van der Waals surface area contributed by atoms with Crippen molar-refractivity contribution >= 4 is 49.2 Å². The predicted molar refractivity (Wildman–Crippen MR) is 86.1 cm³/mol. The monoisotopic (exact) mass is 384 g/mol. The molecule has 2 N–H and O–H groups in total. The summed E-state index contributed by atoms with van der Waals surface area (Å²) in [6.07, 6.45) is 1.55. The van der Waals surface area contributed by atoms with E-state index in [0.717, 1.165) is 38.4 Å². The summed E-state index contributed by atoms with van der Waals surface area (Å²) in [7, 11) is 0. The van der Waals surface area contributed by atoms with Gasteiger partial charge < -0.3 is 10.6 Å². The molecule has 1 heterocycles. The third-order valence-electron chi connectivity index (χ3n) is 2.61. The standard InChI is InChI=1S/C13H14Br2N4/c1-3-16-12-8(2)13(18-7-17-12)19-11-6-9(14)4-5-10(11)15/h4-7H,3H2,1-2H3,(H2,16,17,18,19). The molecule has 6 heteroatoms. The van der Waals surface area contributed by atoms with E-state index in [-0.39, 0.29) is 0 Å². The largest absolute Gasteiger partial charge is 0.370 e. The first-order valence-corrected chi connectivity index (χ1v) is 7.48. The summed E-state index contributed by atoms with van der Waals surface area (Å²) in [4.78, 5) is 8.52. The Morgan fingerprint density at radius 2 is 1.89 bits per heavy atom. The van der Waals surface area contributed by atoms with E-state index in [2.05, 4.69) is 52.5 Å². The smallest absolute Gasteiger partial charge is 0.138 e. The molecule has 0 saturated heterocycles. The molecule has 0 amide bonds. The molecule has 0 radical (unpaired) electrons. The fraction of sp³-hybridized carbons (Fsp3) is 0.231. The highest BCUT2D eigenvalue weighted by Crippen LogP contribution is 2.30. The van der Waals surface area contributed by atoms with Gasteiger partial charge in [-0.1, -0.05) is 15.9 Å². The third kappa shape index (κ3) is 3.45. The molecule has 0 unspecified atom stereocenters. The summed E-state index contributed by atoms with van der Waals surface area (Å²) < 4.78 is 2.00. The Labute approximate surface area is 129 Å². The maximum Gasteiger partial charge on any atom is 0.138 e. The van der Waals surface area contributed by atoms with Crippen molar-refractivity contribution in [2.45, 2.75) is 13.8 Å².